The zero-order valence-electron chi connectivity index (χ0n) is 9.20. The normalized spacial score (nSPS) is 24.9. The van der Waals surface area contributed by atoms with Gasteiger partial charge in [0.1, 0.15) is 0 Å². The summed E-state index contributed by atoms with van der Waals surface area (Å²) in [6.45, 7) is 2.01. The van der Waals surface area contributed by atoms with Crippen LogP contribution in [-0.4, -0.2) is 0 Å². The lowest BCUT2D eigenvalue weighted by Crippen LogP contribution is -2.36. The molecule has 0 bridgehead atoms. The van der Waals surface area contributed by atoms with Crippen molar-refractivity contribution in [1.29, 1.82) is 0 Å². The van der Waals surface area contributed by atoms with E-state index in [0.717, 1.165) is 28.3 Å². The highest BCUT2D eigenvalue weighted by atomic mass is 35.5. The molecular weight excluding hydrogens is 220 g/mol. The molecule has 1 aromatic rings. The second kappa shape index (κ2) is 3.96. The van der Waals surface area contributed by atoms with Gasteiger partial charge in [-0.3, -0.25) is 0 Å². The Balaban J connectivity index is 2.35. The molecule has 1 unspecified atom stereocenters. The molecule has 0 heterocycles. The first-order valence-electron chi connectivity index (χ1n) is 5.21. The van der Waals surface area contributed by atoms with E-state index >= 15 is 0 Å². The first-order chi connectivity index (χ1) is 7.51. The summed E-state index contributed by atoms with van der Waals surface area (Å²) in [6, 6.07) is 7.63. The lowest BCUT2D eigenvalue weighted by atomic mass is 9.81. The Morgan fingerprint density at radius 1 is 1.25 bits per heavy atom. The van der Waals surface area contributed by atoms with E-state index in [2.05, 4.69) is 0 Å². The van der Waals surface area contributed by atoms with Crippen LogP contribution < -0.4 is 11.5 Å². The second-order valence-electron chi connectivity index (χ2n) is 4.29. The molecule has 0 amide bonds. The van der Waals surface area contributed by atoms with Crippen LogP contribution in [0.5, 0.6) is 0 Å². The van der Waals surface area contributed by atoms with Crippen LogP contribution >= 0.6 is 11.6 Å². The molecule has 1 aliphatic carbocycles. The molecule has 3 heteroatoms. The summed E-state index contributed by atoms with van der Waals surface area (Å²) < 4.78 is 0. The van der Waals surface area contributed by atoms with Crippen LogP contribution in [0.4, 0.5) is 0 Å². The van der Waals surface area contributed by atoms with Crippen molar-refractivity contribution < 1.29 is 0 Å². The number of rotatable bonds is 1. The van der Waals surface area contributed by atoms with Crippen molar-refractivity contribution in [3.8, 4) is 0 Å². The minimum absolute atomic E-state index is 0.461. The summed E-state index contributed by atoms with van der Waals surface area (Å²) in [5.74, 6) is 0. The van der Waals surface area contributed by atoms with E-state index in [1.54, 1.807) is 0 Å². The fourth-order valence-corrected chi connectivity index (χ4v) is 2.06. The SMILES string of the molecule is CC1=C(N)C=CC(N)(c2ccc(Cl)cc2)C1. The number of nitrogens with two attached hydrogens (primary N) is 2. The van der Waals surface area contributed by atoms with Crippen LogP contribution in [0.1, 0.15) is 18.9 Å². The van der Waals surface area contributed by atoms with Crippen molar-refractivity contribution in [3.63, 3.8) is 0 Å². The van der Waals surface area contributed by atoms with E-state index in [1.807, 2.05) is 43.3 Å². The molecule has 84 valence electrons. The van der Waals surface area contributed by atoms with Gasteiger partial charge >= 0.3 is 0 Å². The Morgan fingerprint density at radius 2 is 1.88 bits per heavy atom. The molecule has 0 saturated carbocycles. The summed E-state index contributed by atoms with van der Waals surface area (Å²) in [6.07, 6.45) is 4.59. The minimum atomic E-state index is -0.461. The van der Waals surface area contributed by atoms with Crippen molar-refractivity contribution in [2.45, 2.75) is 18.9 Å². The van der Waals surface area contributed by atoms with E-state index in [9.17, 15) is 0 Å². The Bertz CT molecular complexity index is 459. The average Bonchev–Trinajstić information content (AvgIpc) is 2.25. The van der Waals surface area contributed by atoms with Gasteiger partial charge < -0.3 is 11.5 Å². The van der Waals surface area contributed by atoms with Gasteiger partial charge in [0.2, 0.25) is 0 Å². The van der Waals surface area contributed by atoms with E-state index in [0.29, 0.717) is 0 Å². The maximum Gasteiger partial charge on any atom is 0.0637 e. The predicted molar refractivity (Wildman–Crippen MR) is 68.0 cm³/mol. The largest absolute Gasteiger partial charge is 0.399 e. The highest BCUT2D eigenvalue weighted by Crippen LogP contribution is 2.32. The molecule has 2 nitrogen and oxygen atoms in total. The molecule has 2 rings (SSSR count). The second-order valence-corrected chi connectivity index (χ2v) is 4.73. The van der Waals surface area contributed by atoms with Crippen molar-refractivity contribution in [1.82, 2.24) is 0 Å². The number of benzene rings is 1. The third kappa shape index (κ3) is 1.99. The van der Waals surface area contributed by atoms with Gasteiger partial charge in [-0.05, 0) is 42.7 Å². The molecule has 0 aliphatic heterocycles. The highest BCUT2D eigenvalue weighted by molar-refractivity contribution is 6.30. The van der Waals surface area contributed by atoms with Crippen LogP contribution in [0.3, 0.4) is 0 Å². The van der Waals surface area contributed by atoms with Crippen LogP contribution in [-0.2, 0) is 5.54 Å². The van der Waals surface area contributed by atoms with Gasteiger partial charge in [-0.1, -0.05) is 29.8 Å². The molecule has 0 radical (unpaired) electrons. The number of halogens is 1. The fraction of sp³-hybridized carbons (Fsp3) is 0.231. The topological polar surface area (TPSA) is 52.0 Å². The van der Waals surface area contributed by atoms with Gasteiger partial charge in [-0.2, -0.15) is 0 Å². The van der Waals surface area contributed by atoms with Gasteiger partial charge in [-0.25, -0.2) is 0 Å². The van der Waals surface area contributed by atoms with E-state index < -0.39 is 5.54 Å². The van der Waals surface area contributed by atoms with Crippen molar-refractivity contribution in [3.05, 3.63) is 58.3 Å². The molecule has 1 aliphatic rings. The third-order valence-electron chi connectivity index (χ3n) is 2.99. The molecular formula is C13H15ClN2. The molecule has 0 saturated heterocycles. The number of allylic oxidation sites excluding steroid dienone is 1. The van der Waals surface area contributed by atoms with Crippen LogP contribution in [0.2, 0.25) is 5.02 Å². The number of hydrogen-bond acceptors (Lipinski definition) is 2. The molecule has 1 atom stereocenters. The lowest BCUT2D eigenvalue weighted by Gasteiger charge is -2.30. The van der Waals surface area contributed by atoms with Crippen LogP contribution in [0.15, 0.2) is 47.7 Å². The van der Waals surface area contributed by atoms with E-state index in [-0.39, 0.29) is 0 Å². The Morgan fingerprint density at radius 3 is 2.44 bits per heavy atom. The third-order valence-corrected chi connectivity index (χ3v) is 3.24. The minimum Gasteiger partial charge on any atom is -0.399 e. The van der Waals surface area contributed by atoms with Gasteiger partial charge in [0.25, 0.3) is 0 Å². The average molecular weight is 235 g/mol. The molecule has 0 aromatic heterocycles. The predicted octanol–water partition coefficient (Wildman–Crippen LogP) is 2.69. The maximum absolute atomic E-state index is 6.36. The zero-order valence-corrected chi connectivity index (χ0v) is 9.96. The van der Waals surface area contributed by atoms with Crippen molar-refractivity contribution >= 4 is 11.6 Å². The summed E-state index contributed by atoms with van der Waals surface area (Å²) in [5.41, 5.74) is 14.7. The molecule has 0 fully saturated rings. The van der Waals surface area contributed by atoms with E-state index in [4.69, 9.17) is 23.1 Å². The van der Waals surface area contributed by atoms with Gasteiger partial charge in [0.05, 0.1) is 5.54 Å². The van der Waals surface area contributed by atoms with Crippen molar-refractivity contribution in [2.75, 3.05) is 0 Å². The first-order valence-corrected chi connectivity index (χ1v) is 5.58. The van der Waals surface area contributed by atoms with E-state index in [1.165, 1.54) is 0 Å². The molecule has 0 spiro atoms. The Labute approximate surface area is 101 Å². The highest BCUT2D eigenvalue weighted by Gasteiger charge is 2.27. The van der Waals surface area contributed by atoms with Gasteiger partial charge in [0.15, 0.2) is 0 Å². The monoisotopic (exact) mass is 234 g/mol. The summed E-state index contributed by atoms with van der Waals surface area (Å²) in [5, 5.41) is 0.721. The fourth-order valence-electron chi connectivity index (χ4n) is 1.94. The quantitative estimate of drug-likeness (QED) is 0.785. The summed E-state index contributed by atoms with van der Waals surface area (Å²) in [7, 11) is 0. The first kappa shape index (κ1) is 11.2. The zero-order chi connectivity index (χ0) is 11.8. The maximum atomic E-state index is 6.36. The molecule has 16 heavy (non-hydrogen) atoms. The molecule has 1 aromatic carbocycles. The van der Waals surface area contributed by atoms with Crippen LogP contribution in [0.25, 0.3) is 0 Å². The van der Waals surface area contributed by atoms with Gasteiger partial charge in [-0.15, -0.1) is 0 Å². The summed E-state index contributed by atoms with van der Waals surface area (Å²) >= 11 is 5.86. The Kier molecular flexibility index (Phi) is 2.78. The number of hydrogen-bond donors (Lipinski definition) is 2. The lowest BCUT2D eigenvalue weighted by molar-refractivity contribution is 0.544. The Hall–Kier alpha value is -1.25. The van der Waals surface area contributed by atoms with Crippen molar-refractivity contribution in [2.24, 2.45) is 11.5 Å². The standard InChI is InChI=1S/C13H15ClN2/c1-9-8-13(16,7-6-12(9)15)10-2-4-11(14)5-3-10/h2-7H,8,15-16H2,1H3. The molecule has 4 N–H and O–H groups in total. The van der Waals surface area contributed by atoms with Crippen LogP contribution in [0, 0.1) is 0 Å². The smallest absolute Gasteiger partial charge is 0.0637 e. The van der Waals surface area contributed by atoms with Gasteiger partial charge in [0, 0.05) is 10.7 Å². The summed E-state index contributed by atoms with van der Waals surface area (Å²) in [4.78, 5) is 0.